The smallest absolute Gasteiger partial charge is 0.241 e. The number of nitrogens with one attached hydrogen (secondary N) is 2. The van der Waals surface area contributed by atoms with Crippen LogP contribution < -0.4 is 10.0 Å². The Kier molecular flexibility index (Phi) is 6.01. The summed E-state index contributed by atoms with van der Waals surface area (Å²) in [7, 11) is -3.85. The van der Waals surface area contributed by atoms with Crippen molar-refractivity contribution in [3.05, 3.63) is 78.0 Å². The number of anilines is 1. The fourth-order valence-corrected chi connectivity index (χ4v) is 3.98. The van der Waals surface area contributed by atoms with Gasteiger partial charge in [-0.05, 0) is 42.3 Å². The van der Waals surface area contributed by atoms with Crippen LogP contribution in [0, 0.1) is 18.6 Å². The second kappa shape index (κ2) is 8.45. The van der Waals surface area contributed by atoms with Gasteiger partial charge in [-0.25, -0.2) is 26.9 Å². The molecule has 0 aliphatic rings. The van der Waals surface area contributed by atoms with Gasteiger partial charge in [0.05, 0.1) is 4.90 Å². The summed E-state index contributed by atoms with van der Waals surface area (Å²) in [5.41, 5.74) is 1.53. The molecule has 1 aromatic heterocycles. The van der Waals surface area contributed by atoms with Gasteiger partial charge in [0.25, 0.3) is 0 Å². The monoisotopic (exact) mass is 403 g/mol. The molecule has 0 fully saturated rings. The average molecular weight is 403 g/mol. The number of nitrogens with zero attached hydrogens (tertiary/aromatic N) is 1. The van der Waals surface area contributed by atoms with Crippen molar-refractivity contribution in [2.75, 3.05) is 18.4 Å². The molecule has 0 radical (unpaired) electrons. The molecule has 28 heavy (non-hydrogen) atoms. The van der Waals surface area contributed by atoms with Gasteiger partial charge in [0.1, 0.15) is 5.82 Å². The van der Waals surface area contributed by atoms with Crippen LogP contribution in [0.1, 0.15) is 5.56 Å². The first kappa shape index (κ1) is 19.9. The normalized spacial score (nSPS) is 11.4. The van der Waals surface area contributed by atoms with E-state index in [4.69, 9.17) is 0 Å². The first-order valence-corrected chi connectivity index (χ1v) is 10.1. The average Bonchev–Trinajstić information content (AvgIpc) is 2.69. The highest BCUT2D eigenvalue weighted by molar-refractivity contribution is 7.89. The molecule has 1 heterocycles. The fraction of sp³-hybridized carbons (Fsp3) is 0.150. The molecule has 0 aliphatic carbocycles. The Balaban J connectivity index is 1.75. The Morgan fingerprint density at radius 2 is 1.75 bits per heavy atom. The van der Waals surface area contributed by atoms with E-state index in [0.717, 1.165) is 17.7 Å². The van der Waals surface area contributed by atoms with E-state index in [-0.39, 0.29) is 17.0 Å². The van der Waals surface area contributed by atoms with E-state index in [0.29, 0.717) is 17.9 Å². The second-order valence-corrected chi connectivity index (χ2v) is 7.85. The number of sulfonamides is 1. The molecule has 146 valence electrons. The van der Waals surface area contributed by atoms with Gasteiger partial charge in [-0.2, -0.15) is 0 Å². The van der Waals surface area contributed by atoms with Crippen molar-refractivity contribution < 1.29 is 17.2 Å². The number of halogens is 2. The zero-order valence-electron chi connectivity index (χ0n) is 15.1. The summed E-state index contributed by atoms with van der Waals surface area (Å²) in [6.07, 6.45) is 1.65. The maximum Gasteiger partial charge on any atom is 0.241 e. The van der Waals surface area contributed by atoms with Crippen LogP contribution in [-0.4, -0.2) is 26.5 Å². The van der Waals surface area contributed by atoms with Crippen LogP contribution in [0.25, 0.3) is 11.1 Å². The standard InChI is InChI=1S/C20H19F2N3O2S/c1-14-5-4-10-23-20(14)24-11-12-25-28(26,27)19-7-3-2-6-16(19)15-8-9-17(21)18(22)13-15/h2-10,13,25H,11-12H2,1H3,(H,23,24). The van der Waals surface area contributed by atoms with E-state index in [1.807, 2.05) is 19.1 Å². The predicted octanol–water partition coefficient (Wildman–Crippen LogP) is 3.73. The molecular formula is C20H19F2N3O2S. The molecule has 2 aromatic carbocycles. The van der Waals surface area contributed by atoms with Crippen molar-refractivity contribution in [3.63, 3.8) is 0 Å². The van der Waals surface area contributed by atoms with Gasteiger partial charge in [0.15, 0.2) is 11.6 Å². The van der Waals surface area contributed by atoms with Crippen molar-refractivity contribution in [3.8, 4) is 11.1 Å². The molecule has 5 nitrogen and oxygen atoms in total. The maximum absolute atomic E-state index is 13.6. The van der Waals surface area contributed by atoms with Gasteiger partial charge < -0.3 is 5.32 Å². The quantitative estimate of drug-likeness (QED) is 0.590. The number of hydrogen-bond donors (Lipinski definition) is 2. The Bertz CT molecular complexity index is 1090. The van der Waals surface area contributed by atoms with Crippen LogP contribution in [-0.2, 0) is 10.0 Å². The Morgan fingerprint density at radius 1 is 0.964 bits per heavy atom. The van der Waals surface area contributed by atoms with E-state index >= 15 is 0 Å². The lowest BCUT2D eigenvalue weighted by atomic mass is 10.1. The van der Waals surface area contributed by atoms with Crippen molar-refractivity contribution in [1.29, 1.82) is 0 Å². The van der Waals surface area contributed by atoms with Crippen LogP contribution in [0.3, 0.4) is 0 Å². The summed E-state index contributed by atoms with van der Waals surface area (Å²) >= 11 is 0. The molecule has 0 unspecified atom stereocenters. The lowest BCUT2D eigenvalue weighted by molar-refractivity contribution is 0.509. The molecule has 8 heteroatoms. The van der Waals surface area contributed by atoms with Gasteiger partial charge >= 0.3 is 0 Å². The zero-order chi connectivity index (χ0) is 20.1. The molecule has 2 N–H and O–H groups in total. The van der Waals surface area contributed by atoms with Gasteiger partial charge in [-0.1, -0.05) is 30.3 Å². The van der Waals surface area contributed by atoms with Crippen LogP contribution in [0.5, 0.6) is 0 Å². The third-order valence-corrected chi connectivity index (χ3v) is 5.65. The number of aromatic nitrogens is 1. The lowest BCUT2D eigenvalue weighted by Crippen LogP contribution is -2.29. The number of hydrogen-bond acceptors (Lipinski definition) is 4. The fourth-order valence-electron chi connectivity index (χ4n) is 2.72. The second-order valence-electron chi connectivity index (χ2n) is 6.12. The molecular weight excluding hydrogens is 384 g/mol. The van der Waals surface area contributed by atoms with Crippen LogP contribution >= 0.6 is 0 Å². The molecule has 0 amide bonds. The summed E-state index contributed by atoms with van der Waals surface area (Å²) < 4.78 is 54.8. The van der Waals surface area contributed by atoms with Crippen LogP contribution in [0.4, 0.5) is 14.6 Å². The summed E-state index contributed by atoms with van der Waals surface area (Å²) in [4.78, 5) is 4.18. The third-order valence-electron chi connectivity index (χ3n) is 4.13. The van der Waals surface area contributed by atoms with Crippen LogP contribution in [0.15, 0.2) is 65.7 Å². The number of aryl methyl sites for hydroxylation is 1. The molecule has 3 rings (SSSR count). The van der Waals surface area contributed by atoms with Gasteiger partial charge in [-0.15, -0.1) is 0 Å². The topological polar surface area (TPSA) is 71.1 Å². The number of benzene rings is 2. The van der Waals surface area contributed by atoms with E-state index in [9.17, 15) is 17.2 Å². The maximum atomic E-state index is 13.6. The molecule has 3 aromatic rings. The molecule has 0 saturated heterocycles. The Morgan fingerprint density at radius 3 is 2.50 bits per heavy atom. The van der Waals surface area contributed by atoms with E-state index < -0.39 is 21.7 Å². The molecule has 0 bridgehead atoms. The number of rotatable bonds is 7. The molecule has 0 atom stereocenters. The highest BCUT2D eigenvalue weighted by Crippen LogP contribution is 2.28. The zero-order valence-corrected chi connectivity index (χ0v) is 15.9. The van der Waals surface area contributed by atoms with Crippen LogP contribution in [0.2, 0.25) is 0 Å². The molecule has 0 spiro atoms. The van der Waals surface area contributed by atoms with E-state index in [1.54, 1.807) is 24.4 Å². The van der Waals surface area contributed by atoms with Crippen molar-refractivity contribution in [1.82, 2.24) is 9.71 Å². The van der Waals surface area contributed by atoms with E-state index in [2.05, 4.69) is 15.0 Å². The molecule has 0 saturated carbocycles. The lowest BCUT2D eigenvalue weighted by Gasteiger charge is -2.13. The Hall–Kier alpha value is -2.84. The first-order chi connectivity index (χ1) is 13.4. The predicted molar refractivity (Wildman–Crippen MR) is 104 cm³/mol. The highest BCUT2D eigenvalue weighted by atomic mass is 32.2. The minimum absolute atomic E-state index is 0.00461. The molecule has 0 aliphatic heterocycles. The summed E-state index contributed by atoms with van der Waals surface area (Å²) in [6.45, 7) is 2.37. The highest BCUT2D eigenvalue weighted by Gasteiger charge is 2.19. The summed E-state index contributed by atoms with van der Waals surface area (Å²) in [5.74, 6) is -1.34. The van der Waals surface area contributed by atoms with Crippen molar-refractivity contribution >= 4 is 15.8 Å². The van der Waals surface area contributed by atoms with Gasteiger partial charge in [-0.3, -0.25) is 0 Å². The van der Waals surface area contributed by atoms with Crippen molar-refractivity contribution in [2.24, 2.45) is 0 Å². The SMILES string of the molecule is Cc1cccnc1NCCNS(=O)(=O)c1ccccc1-c1ccc(F)c(F)c1. The third kappa shape index (κ3) is 4.52. The minimum atomic E-state index is -3.85. The summed E-state index contributed by atoms with van der Waals surface area (Å²) in [5, 5.41) is 3.07. The van der Waals surface area contributed by atoms with Gasteiger partial charge in [0, 0.05) is 24.8 Å². The number of pyridine rings is 1. The van der Waals surface area contributed by atoms with Gasteiger partial charge in [0.2, 0.25) is 10.0 Å². The first-order valence-electron chi connectivity index (χ1n) is 8.58. The summed E-state index contributed by atoms with van der Waals surface area (Å²) in [6, 6.07) is 13.2. The minimum Gasteiger partial charge on any atom is -0.369 e. The van der Waals surface area contributed by atoms with E-state index in [1.165, 1.54) is 12.1 Å². The Labute approximate surface area is 162 Å². The largest absolute Gasteiger partial charge is 0.369 e. The van der Waals surface area contributed by atoms with Crippen molar-refractivity contribution in [2.45, 2.75) is 11.8 Å².